The zero-order chi connectivity index (χ0) is 18.6. The topological polar surface area (TPSA) is 71.1 Å². The zero-order valence-electron chi connectivity index (χ0n) is 14.7. The van der Waals surface area contributed by atoms with Gasteiger partial charge in [0.05, 0.1) is 16.8 Å². The molecule has 3 aromatic rings. The van der Waals surface area contributed by atoms with Crippen LogP contribution in [0.5, 0.6) is 0 Å². The van der Waals surface area contributed by atoms with Crippen molar-refractivity contribution in [3.05, 3.63) is 83.6 Å². The number of nitrogens with one attached hydrogen (secondary N) is 2. The maximum absolute atomic E-state index is 12.5. The van der Waals surface area contributed by atoms with Crippen molar-refractivity contribution in [1.82, 2.24) is 4.98 Å². The number of sulfonamides is 1. The number of anilines is 2. The van der Waals surface area contributed by atoms with Gasteiger partial charge in [0.25, 0.3) is 10.0 Å². The lowest BCUT2D eigenvalue weighted by molar-refractivity contribution is 0.601. The van der Waals surface area contributed by atoms with Crippen LogP contribution < -0.4 is 10.0 Å². The molecular weight excluding hydrogens is 346 g/mol. The molecule has 2 N–H and O–H groups in total. The third kappa shape index (κ3) is 4.40. The van der Waals surface area contributed by atoms with Crippen LogP contribution in [0.3, 0.4) is 0 Å². The average molecular weight is 367 g/mol. The Bertz CT molecular complexity index is 985. The number of nitrogens with zero attached hydrogens (tertiary/aromatic N) is 1. The molecule has 26 heavy (non-hydrogen) atoms. The number of aromatic nitrogens is 1. The lowest BCUT2D eigenvalue weighted by atomic mass is 10.1. The van der Waals surface area contributed by atoms with Gasteiger partial charge in [-0.05, 0) is 54.8 Å². The summed E-state index contributed by atoms with van der Waals surface area (Å²) in [5, 5.41) is 3.26. The van der Waals surface area contributed by atoms with Crippen molar-refractivity contribution in [2.45, 2.75) is 25.3 Å². The number of rotatable bonds is 6. The molecule has 0 aliphatic rings. The summed E-state index contributed by atoms with van der Waals surface area (Å²) >= 11 is 0. The minimum atomic E-state index is -3.65. The van der Waals surface area contributed by atoms with Crippen molar-refractivity contribution >= 4 is 21.5 Å². The Morgan fingerprint density at radius 1 is 0.923 bits per heavy atom. The van der Waals surface area contributed by atoms with E-state index in [1.807, 2.05) is 44.2 Å². The van der Waals surface area contributed by atoms with Crippen molar-refractivity contribution in [2.24, 2.45) is 0 Å². The highest BCUT2D eigenvalue weighted by Crippen LogP contribution is 2.19. The molecule has 0 fully saturated rings. The van der Waals surface area contributed by atoms with E-state index in [1.54, 1.807) is 36.5 Å². The number of benzene rings is 2. The first-order chi connectivity index (χ1) is 12.4. The molecule has 0 aliphatic heterocycles. The first-order valence-corrected chi connectivity index (χ1v) is 9.76. The highest BCUT2D eigenvalue weighted by molar-refractivity contribution is 7.92. The second-order valence-electron chi connectivity index (χ2n) is 6.12. The van der Waals surface area contributed by atoms with E-state index < -0.39 is 10.0 Å². The molecule has 0 bridgehead atoms. The van der Waals surface area contributed by atoms with Crippen molar-refractivity contribution in [3.8, 4) is 0 Å². The number of hydrogen-bond acceptors (Lipinski definition) is 4. The normalized spacial score (nSPS) is 11.2. The lowest BCUT2D eigenvalue weighted by Gasteiger charge is -2.10. The highest BCUT2D eigenvalue weighted by atomic mass is 32.2. The van der Waals surface area contributed by atoms with Crippen LogP contribution in [0.1, 0.15) is 16.7 Å². The van der Waals surface area contributed by atoms with Gasteiger partial charge in [-0.1, -0.05) is 36.4 Å². The van der Waals surface area contributed by atoms with Crippen LogP contribution in [-0.2, 0) is 16.6 Å². The van der Waals surface area contributed by atoms with E-state index in [9.17, 15) is 8.42 Å². The molecule has 3 rings (SSSR count). The minimum absolute atomic E-state index is 0.230. The Kier molecular flexibility index (Phi) is 5.23. The molecule has 134 valence electrons. The first-order valence-electron chi connectivity index (χ1n) is 8.28. The number of hydrogen-bond donors (Lipinski definition) is 2. The standard InChI is InChI=1S/C20H21N3O2S/c1-15-8-10-19(12-16(15)2)26(24,25)23-20-11-9-18(14-22-20)21-13-17-6-4-3-5-7-17/h3-12,14,21H,13H2,1-2H3,(H,22,23). The van der Waals surface area contributed by atoms with Crippen LogP contribution in [0.25, 0.3) is 0 Å². The molecule has 0 saturated carbocycles. The van der Waals surface area contributed by atoms with Gasteiger partial charge in [0, 0.05) is 6.54 Å². The van der Waals surface area contributed by atoms with Gasteiger partial charge in [0.15, 0.2) is 0 Å². The predicted octanol–water partition coefficient (Wildman–Crippen LogP) is 4.11. The van der Waals surface area contributed by atoms with E-state index in [4.69, 9.17) is 0 Å². The Labute approximate surface area is 154 Å². The van der Waals surface area contributed by atoms with Crippen LogP contribution in [-0.4, -0.2) is 13.4 Å². The maximum Gasteiger partial charge on any atom is 0.263 e. The summed E-state index contributed by atoms with van der Waals surface area (Å²) in [6, 6.07) is 18.5. The van der Waals surface area contributed by atoms with Crippen molar-refractivity contribution in [1.29, 1.82) is 0 Å². The summed E-state index contributed by atoms with van der Waals surface area (Å²) in [7, 11) is -3.65. The molecule has 0 amide bonds. The van der Waals surface area contributed by atoms with Crippen LogP contribution >= 0.6 is 0 Å². The summed E-state index contributed by atoms with van der Waals surface area (Å²) in [5.74, 6) is 0.286. The Balaban J connectivity index is 1.67. The fourth-order valence-electron chi connectivity index (χ4n) is 2.44. The maximum atomic E-state index is 12.5. The van der Waals surface area contributed by atoms with E-state index in [0.717, 1.165) is 22.4 Å². The van der Waals surface area contributed by atoms with Crippen LogP contribution in [0.2, 0.25) is 0 Å². The Morgan fingerprint density at radius 2 is 1.69 bits per heavy atom. The molecule has 0 unspecified atom stereocenters. The fraction of sp³-hybridized carbons (Fsp3) is 0.150. The summed E-state index contributed by atoms with van der Waals surface area (Å²) in [5.41, 5.74) is 3.97. The summed E-state index contributed by atoms with van der Waals surface area (Å²) in [4.78, 5) is 4.42. The largest absolute Gasteiger partial charge is 0.380 e. The molecule has 0 aliphatic carbocycles. The lowest BCUT2D eigenvalue weighted by Crippen LogP contribution is -2.14. The van der Waals surface area contributed by atoms with Gasteiger partial charge in [-0.3, -0.25) is 4.72 Å². The second-order valence-corrected chi connectivity index (χ2v) is 7.81. The number of pyridine rings is 1. The minimum Gasteiger partial charge on any atom is -0.380 e. The summed E-state index contributed by atoms with van der Waals surface area (Å²) < 4.78 is 27.5. The summed E-state index contributed by atoms with van der Waals surface area (Å²) in [6.07, 6.45) is 1.61. The van der Waals surface area contributed by atoms with E-state index in [2.05, 4.69) is 15.0 Å². The monoisotopic (exact) mass is 367 g/mol. The van der Waals surface area contributed by atoms with Crippen LogP contribution in [0.15, 0.2) is 71.8 Å². The van der Waals surface area contributed by atoms with Gasteiger partial charge >= 0.3 is 0 Å². The average Bonchev–Trinajstić information content (AvgIpc) is 2.64. The molecule has 2 aromatic carbocycles. The molecule has 0 saturated heterocycles. The van der Waals surface area contributed by atoms with Gasteiger partial charge in [-0.15, -0.1) is 0 Å². The smallest absolute Gasteiger partial charge is 0.263 e. The Morgan fingerprint density at radius 3 is 2.35 bits per heavy atom. The molecule has 5 nitrogen and oxygen atoms in total. The molecule has 6 heteroatoms. The Hall–Kier alpha value is -2.86. The van der Waals surface area contributed by atoms with E-state index >= 15 is 0 Å². The van der Waals surface area contributed by atoms with Gasteiger partial charge in [0.2, 0.25) is 0 Å². The van der Waals surface area contributed by atoms with E-state index in [1.165, 1.54) is 0 Å². The van der Waals surface area contributed by atoms with Crippen molar-refractivity contribution in [3.63, 3.8) is 0 Å². The third-order valence-electron chi connectivity index (χ3n) is 4.13. The fourth-order valence-corrected chi connectivity index (χ4v) is 3.53. The first kappa shape index (κ1) is 17.9. The van der Waals surface area contributed by atoms with Gasteiger partial charge < -0.3 is 5.32 Å². The zero-order valence-corrected chi connectivity index (χ0v) is 15.5. The quantitative estimate of drug-likeness (QED) is 0.688. The van der Waals surface area contributed by atoms with Gasteiger partial charge in [-0.2, -0.15) is 0 Å². The van der Waals surface area contributed by atoms with Crippen LogP contribution in [0.4, 0.5) is 11.5 Å². The molecule has 0 radical (unpaired) electrons. The summed E-state index contributed by atoms with van der Waals surface area (Å²) in [6.45, 7) is 4.51. The second kappa shape index (κ2) is 7.58. The molecule has 1 aromatic heterocycles. The molecular formula is C20H21N3O2S. The van der Waals surface area contributed by atoms with Crippen LogP contribution in [0, 0.1) is 13.8 Å². The van der Waals surface area contributed by atoms with Crippen molar-refractivity contribution < 1.29 is 8.42 Å². The molecule has 0 atom stereocenters. The van der Waals surface area contributed by atoms with Gasteiger partial charge in [-0.25, -0.2) is 13.4 Å². The highest BCUT2D eigenvalue weighted by Gasteiger charge is 2.15. The van der Waals surface area contributed by atoms with E-state index in [0.29, 0.717) is 6.54 Å². The molecule has 0 spiro atoms. The van der Waals surface area contributed by atoms with Crippen molar-refractivity contribution in [2.75, 3.05) is 10.0 Å². The van der Waals surface area contributed by atoms with Gasteiger partial charge in [0.1, 0.15) is 5.82 Å². The predicted molar refractivity (Wildman–Crippen MR) is 105 cm³/mol. The third-order valence-corrected chi connectivity index (χ3v) is 5.48. The SMILES string of the molecule is Cc1ccc(S(=O)(=O)Nc2ccc(NCc3ccccc3)cn2)cc1C. The van der Waals surface area contributed by atoms with E-state index in [-0.39, 0.29) is 10.7 Å². The molecule has 1 heterocycles. The number of aryl methyl sites for hydroxylation is 2.